The second-order valence-electron chi connectivity index (χ2n) is 13.7. The number of aromatic nitrogens is 2. The molecule has 3 heterocycles. The molecular formula is C33H45N3O2. The zero-order valence-electron chi connectivity index (χ0n) is 23.2. The Kier molecular flexibility index (Phi) is 6.70. The molecule has 3 aliphatic carbocycles. The van der Waals surface area contributed by atoms with Gasteiger partial charge in [-0.15, -0.1) is 0 Å². The van der Waals surface area contributed by atoms with Crippen LogP contribution in [0, 0.1) is 23.7 Å². The molecule has 3 saturated carbocycles. The van der Waals surface area contributed by atoms with Crippen LogP contribution in [-0.4, -0.2) is 38.4 Å². The zero-order chi connectivity index (χ0) is 25.8. The highest BCUT2D eigenvalue weighted by atomic mass is 16.1. The molecule has 0 amide bonds. The highest BCUT2D eigenvalue weighted by Gasteiger charge is 2.47. The molecule has 204 valence electrons. The Morgan fingerprint density at radius 2 is 1.42 bits per heavy atom. The molecule has 0 radical (unpaired) electrons. The van der Waals surface area contributed by atoms with Gasteiger partial charge in [-0.2, -0.15) is 0 Å². The van der Waals surface area contributed by atoms with Crippen LogP contribution in [0.4, 0.5) is 0 Å². The van der Waals surface area contributed by atoms with Gasteiger partial charge in [-0.25, -0.2) is 4.98 Å². The summed E-state index contributed by atoms with van der Waals surface area (Å²) in [6.45, 7) is 1.47. The second kappa shape index (κ2) is 10.2. The largest absolute Gasteiger partial charge is 0.302 e. The van der Waals surface area contributed by atoms with E-state index in [4.69, 9.17) is 0 Å². The monoisotopic (exact) mass is 515 g/mol. The van der Waals surface area contributed by atoms with E-state index in [2.05, 4.69) is 9.88 Å². The van der Waals surface area contributed by atoms with Crippen molar-refractivity contribution in [2.24, 2.45) is 23.7 Å². The minimum atomic E-state index is -0.229. The van der Waals surface area contributed by atoms with Crippen LogP contribution in [0.1, 0.15) is 120 Å². The Hall–Kier alpha value is -2.01. The number of fused-ring (bicyclic) bond motifs is 5. The van der Waals surface area contributed by atoms with Crippen molar-refractivity contribution in [2.75, 3.05) is 0 Å². The molecule has 2 aliphatic heterocycles. The van der Waals surface area contributed by atoms with Gasteiger partial charge in [0.2, 0.25) is 0 Å². The molecule has 5 nitrogen and oxygen atoms in total. The summed E-state index contributed by atoms with van der Waals surface area (Å²) in [4.78, 5) is 33.4. The molecule has 5 heteroatoms. The summed E-state index contributed by atoms with van der Waals surface area (Å²) in [6, 6.07) is 9.90. The van der Waals surface area contributed by atoms with Gasteiger partial charge in [0.15, 0.2) is 11.5 Å². The van der Waals surface area contributed by atoms with E-state index in [1.54, 1.807) is 0 Å². The van der Waals surface area contributed by atoms with Crippen molar-refractivity contribution in [3.8, 4) is 0 Å². The van der Waals surface area contributed by atoms with Crippen LogP contribution in [0.3, 0.4) is 0 Å². The van der Waals surface area contributed by atoms with Gasteiger partial charge in [-0.05, 0) is 93.6 Å². The van der Waals surface area contributed by atoms with Gasteiger partial charge in [0.25, 0.3) is 5.56 Å². The Balaban J connectivity index is 1.12. The summed E-state index contributed by atoms with van der Waals surface area (Å²) in [5.41, 5.74) is 1.56. The number of carbonyl (C=O) groups is 1. The fraction of sp³-hybridized carbons (Fsp3) is 0.727. The van der Waals surface area contributed by atoms with Crippen LogP contribution >= 0.6 is 0 Å². The van der Waals surface area contributed by atoms with Crippen LogP contribution in [0.15, 0.2) is 29.1 Å². The normalized spacial score (nSPS) is 36.3. The van der Waals surface area contributed by atoms with E-state index in [-0.39, 0.29) is 23.1 Å². The van der Waals surface area contributed by atoms with Gasteiger partial charge in [-0.3, -0.25) is 14.5 Å². The van der Waals surface area contributed by atoms with Crippen molar-refractivity contribution in [1.29, 1.82) is 0 Å². The first-order valence-corrected chi connectivity index (χ1v) is 15.8. The lowest BCUT2D eigenvalue weighted by molar-refractivity contribution is -0.0571. The van der Waals surface area contributed by atoms with Gasteiger partial charge in [0.1, 0.15) is 0 Å². The van der Waals surface area contributed by atoms with Gasteiger partial charge >= 0.3 is 0 Å². The number of piperidine rings is 2. The highest BCUT2D eigenvalue weighted by Crippen LogP contribution is 2.51. The fourth-order valence-corrected chi connectivity index (χ4v) is 10.0. The third-order valence-corrected chi connectivity index (χ3v) is 11.4. The van der Waals surface area contributed by atoms with Crippen LogP contribution in [-0.2, 0) is 0 Å². The molecule has 2 saturated heterocycles. The highest BCUT2D eigenvalue weighted by molar-refractivity contribution is 5.93. The molecule has 5 fully saturated rings. The third-order valence-electron chi connectivity index (χ3n) is 11.4. The number of hydrogen-bond donors (Lipinski definition) is 0. The van der Waals surface area contributed by atoms with E-state index in [9.17, 15) is 9.59 Å². The minimum absolute atomic E-state index is 0.101. The molecule has 3 unspecified atom stereocenters. The molecule has 1 aromatic heterocycles. The molecule has 4 bridgehead atoms. The van der Waals surface area contributed by atoms with Crippen molar-refractivity contribution >= 4 is 16.8 Å². The lowest BCUT2D eigenvalue weighted by atomic mass is 9.61. The first-order chi connectivity index (χ1) is 18.5. The Morgan fingerprint density at radius 3 is 2.11 bits per heavy atom. The first-order valence-electron chi connectivity index (χ1n) is 15.8. The van der Waals surface area contributed by atoms with Gasteiger partial charge in [0.05, 0.1) is 11.0 Å². The Labute approximate surface area is 227 Å². The SMILES string of the molecule is CC(=O)c1nc2ccccc2n(C2C[C@H]3CCC[C@@H](C2)N3C2C[C@H]3CC(C4CCCCC4)C[C@@H](C2)C3)c1=O. The van der Waals surface area contributed by atoms with Crippen LogP contribution in [0.5, 0.6) is 0 Å². The summed E-state index contributed by atoms with van der Waals surface area (Å²) >= 11 is 0. The third kappa shape index (κ3) is 4.47. The van der Waals surface area contributed by atoms with Crippen molar-refractivity contribution in [3.63, 3.8) is 0 Å². The summed E-state index contributed by atoms with van der Waals surface area (Å²) in [6.07, 6.45) is 20.6. The molecule has 2 aromatic rings. The predicted molar refractivity (Wildman–Crippen MR) is 151 cm³/mol. The number of hydrogen-bond acceptors (Lipinski definition) is 4. The first kappa shape index (κ1) is 25.0. The molecule has 1 aromatic carbocycles. The Bertz CT molecular complexity index is 1220. The van der Waals surface area contributed by atoms with E-state index >= 15 is 0 Å². The summed E-state index contributed by atoms with van der Waals surface area (Å²) in [7, 11) is 0. The van der Waals surface area contributed by atoms with Crippen LogP contribution in [0.2, 0.25) is 0 Å². The fourth-order valence-electron chi connectivity index (χ4n) is 10.0. The average Bonchev–Trinajstić information content (AvgIpc) is 2.92. The molecule has 0 spiro atoms. The standard InChI is InChI=1S/C33H45N3O2/c1-21(37)32-33(38)36(31-13-6-5-12-30(31)34-32)29-19-26-10-7-11-27(20-29)35(26)28-17-22-14-23(18-28)16-25(15-22)24-8-3-2-4-9-24/h5-6,12-13,22-29H,2-4,7-11,14-20H2,1H3/t22-,23+,25?,26-,27+,28?,29?. The number of ketones is 1. The molecule has 7 atom stereocenters. The van der Waals surface area contributed by atoms with Crippen LogP contribution in [0.25, 0.3) is 11.0 Å². The van der Waals surface area contributed by atoms with Gasteiger partial charge in [0, 0.05) is 31.1 Å². The lowest BCUT2D eigenvalue weighted by Crippen LogP contribution is -2.59. The molecule has 38 heavy (non-hydrogen) atoms. The van der Waals surface area contributed by atoms with E-state index in [1.165, 1.54) is 90.4 Å². The van der Waals surface area contributed by atoms with Crippen molar-refractivity contribution in [3.05, 3.63) is 40.3 Å². The number of nitrogens with zero attached hydrogens (tertiary/aromatic N) is 3. The molecule has 0 N–H and O–H groups in total. The van der Waals surface area contributed by atoms with Gasteiger partial charge < -0.3 is 4.57 Å². The second-order valence-corrected chi connectivity index (χ2v) is 13.7. The quantitative estimate of drug-likeness (QED) is 0.414. The average molecular weight is 516 g/mol. The van der Waals surface area contributed by atoms with E-state index in [0.717, 1.165) is 53.6 Å². The summed E-state index contributed by atoms with van der Waals surface area (Å²) < 4.78 is 1.96. The maximum Gasteiger partial charge on any atom is 0.280 e. The number of carbonyl (C=O) groups excluding carboxylic acids is 1. The van der Waals surface area contributed by atoms with E-state index in [1.807, 2.05) is 28.8 Å². The van der Waals surface area contributed by atoms with Crippen molar-refractivity contribution < 1.29 is 4.79 Å². The van der Waals surface area contributed by atoms with E-state index in [0.29, 0.717) is 12.1 Å². The molecule has 5 aliphatic rings. The van der Waals surface area contributed by atoms with Crippen LogP contribution < -0.4 is 5.56 Å². The van der Waals surface area contributed by atoms with Gasteiger partial charge in [-0.1, -0.05) is 50.7 Å². The van der Waals surface area contributed by atoms with E-state index < -0.39 is 0 Å². The number of rotatable bonds is 4. The molecule has 7 rings (SSSR count). The number of Topliss-reactive ketones (excluding diaryl/α,β-unsaturated/α-hetero) is 1. The Morgan fingerprint density at radius 1 is 0.737 bits per heavy atom. The topological polar surface area (TPSA) is 55.2 Å². The lowest BCUT2D eigenvalue weighted by Gasteiger charge is -2.56. The van der Waals surface area contributed by atoms with Crippen molar-refractivity contribution in [1.82, 2.24) is 14.5 Å². The van der Waals surface area contributed by atoms with Crippen molar-refractivity contribution in [2.45, 2.75) is 127 Å². The summed E-state index contributed by atoms with van der Waals surface area (Å²) in [5.74, 6) is 3.67. The zero-order valence-corrected chi connectivity index (χ0v) is 23.2. The minimum Gasteiger partial charge on any atom is -0.302 e. The number of para-hydroxylation sites is 2. The molecular weight excluding hydrogens is 470 g/mol. The maximum atomic E-state index is 13.6. The number of benzene rings is 1. The summed E-state index contributed by atoms with van der Waals surface area (Å²) in [5, 5.41) is 0. The maximum absolute atomic E-state index is 13.6. The predicted octanol–water partition coefficient (Wildman–Crippen LogP) is 6.93. The smallest absolute Gasteiger partial charge is 0.280 e.